The minimum absolute atomic E-state index is 0.181. The number of ether oxygens (including phenoxy) is 1. The summed E-state index contributed by atoms with van der Waals surface area (Å²) in [7, 11) is 0. The number of hydrogen-bond donors (Lipinski definition) is 1. The standard InChI is InChI=1S/C3H5NO4/c5-3(4(6)7)1-8-2-3/h5H,1-2H2. The van der Waals surface area contributed by atoms with Crippen molar-refractivity contribution in [2.45, 2.75) is 5.72 Å². The maximum atomic E-state index is 9.78. The first-order valence-corrected chi connectivity index (χ1v) is 2.10. The number of nitro groups is 1. The lowest BCUT2D eigenvalue weighted by Gasteiger charge is -2.26. The molecule has 5 nitrogen and oxygen atoms in total. The predicted molar refractivity (Wildman–Crippen MR) is 22.8 cm³/mol. The van der Waals surface area contributed by atoms with Crippen LogP contribution in [0.3, 0.4) is 0 Å². The molecule has 1 N–H and O–H groups in total. The lowest BCUT2D eigenvalue weighted by molar-refractivity contribution is -0.657. The summed E-state index contributed by atoms with van der Waals surface area (Å²) in [6.07, 6.45) is 0. The highest BCUT2D eigenvalue weighted by Gasteiger charge is 2.49. The van der Waals surface area contributed by atoms with Gasteiger partial charge in [0.25, 0.3) is 0 Å². The third-order valence-electron chi connectivity index (χ3n) is 1.01. The van der Waals surface area contributed by atoms with Gasteiger partial charge in [-0.15, -0.1) is 0 Å². The third-order valence-corrected chi connectivity index (χ3v) is 1.01. The Morgan fingerprint density at radius 1 is 1.75 bits per heavy atom. The van der Waals surface area contributed by atoms with Crippen molar-refractivity contribution in [2.24, 2.45) is 0 Å². The average molecular weight is 119 g/mol. The highest BCUT2D eigenvalue weighted by atomic mass is 16.7. The van der Waals surface area contributed by atoms with Crippen molar-refractivity contribution >= 4 is 0 Å². The Balaban J connectivity index is 2.53. The second-order valence-corrected chi connectivity index (χ2v) is 1.73. The van der Waals surface area contributed by atoms with Gasteiger partial charge in [0.15, 0.2) is 0 Å². The van der Waals surface area contributed by atoms with Crippen LogP contribution in [0.1, 0.15) is 0 Å². The molecule has 0 unspecified atom stereocenters. The van der Waals surface area contributed by atoms with Crippen molar-refractivity contribution in [3.63, 3.8) is 0 Å². The third kappa shape index (κ3) is 0.560. The van der Waals surface area contributed by atoms with Gasteiger partial charge < -0.3 is 9.84 Å². The van der Waals surface area contributed by atoms with Crippen LogP contribution in [0.2, 0.25) is 0 Å². The summed E-state index contributed by atoms with van der Waals surface area (Å²) in [6, 6.07) is 0. The first kappa shape index (κ1) is 5.46. The van der Waals surface area contributed by atoms with Crippen molar-refractivity contribution in [2.75, 3.05) is 13.2 Å². The van der Waals surface area contributed by atoms with E-state index in [0.717, 1.165) is 0 Å². The van der Waals surface area contributed by atoms with Crippen molar-refractivity contribution < 1.29 is 14.8 Å². The second-order valence-electron chi connectivity index (χ2n) is 1.73. The molecule has 0 aromatic rings. The fraction of sp³-hybridized carbons (Fsp3) is 1.00. The van der Waals surface area contributed by atoms with Gasteiger partial charge >= 0.3 is 5.72 Å². The van der Waals surface area contributed by atoms with E-state index in [-0.39, 0.29) is 13.2 Å². The fourth-order valence-corrected chi connectivity index (χ4v) is 0.390. The van der Waals surface area contributed by atoms with E-state index in [9.17, 15) is 10.1 Å². The molecule has 0 saturated carbocycles. The van der Waals surface area contributed by atoms with E-state index in [2.05, 4.69) is 4.74 Å². The molecule has 1 aliphatic rings. The summed E-state index contributed by atoms with van der Waals surface area (Å²) in [4.78, 5) is 9.04. The molecule has 1 saturated heterocycles. The smallest absolute Gasteiger partial charge is 0.361 e. The summed E-state index contributed by atoms with van der Waals surface area (Å²) in [5.74, 6) is 0. The number of aliphatic hydroxyl groups is 1. The van der Waals surface area contributed by atoms with E-state index in [1.807, 2.05) is 0 Å². The molecule has 1 fully saturated rings. The van der Waals surface area contributed by atoms with E-state index >= 15 is 0 Å². The Kier molecular flexibility index (Phi) is 0.952. The van der Waals surface area contributed by atoms with E-state index < -0.39 is 10.6 Å². The van der Waals surface area contributed by atoms with Crippen LogP contribution in [0, 0.1) is 10.1 Å². The van der Waals surface area contributed by atoms with Gasteiger partial charge in [-0.3, -0.25) is 10.1 Å². The Bertz CT molecular complexity index is 118. The van der Waals surface area contributed by atoms with Crippen LogP contribution in [0.4, 0.5) is 0 Å². The molecule has 8 heavy (non-hydrogen) atoms. The zero-order valence-electron chi connectivity index (χ0n) is 4.03. The first-order valence-electron chi connectivity index (χ1n) is 2.10. The molecule has 1 rings (SSSR count). The monoisotopic (exact) mass is 119 g/mol. The Morgan fingerprint density at radius 2 is 2.25 bits per heavy atom. The van der Waals surface area contributed by atoms with Gasteiger partial charge in [-0.2, -0.15) is 0 Å². The molecule has 5 heteroatoms. The normalized spacial score (nSPS) is 24.1. The van der Waals surface area contributed by atoms with Crippen molar-refractivity contribution in [3.05, 3.63) is 10.1 Å². The maximum Gasteiger partial charge on any atom is 0.368 e. The van der Waals surface area contributed by atoms with E-state index in [1.54, 1.807) is 0 Å². The Hall–Kier alpha value is -0.680. The van der Waals surface area contributed by atoms with Gasteiger partial charge in [-0.1, -0.05) is 0 Å². The minimum Gasteiger partial charge on any atom is -0.361 e. The molecule has 46 valence electrons. The van der Waals surface area contributed by atoms with E-state index in [4.69, 9.17) is 5.11 Å². The SMILES string of the molecule is O=[N+]([O-])C1(O)COC1. The Labute approximate surface area is 45.0 Å². The van der Waals surface area contributed by atoms with Crippen LogP contribution in [-0.4, -0.2) is 29.0 Å². The summed E-state index contributed by atoms with van der Waals surface area (Å²) in [6.45, 7) is -0.361. The highest BCUT2D eigenvalue weighted by molar-refractivity contribution is 4.71. The maximum absolute atomic E-state index is 9.78. The van der Waals surface area contributed by atoms with E-state index in [0.29, 0.717) is 0 Å². The molecule has 0 aliphatic carbocycles. The van der Waals surface area contributed by atoms with Crippen molar-refractivity contribution in [1.29, 1.82) is 0 Å². The molecule has 1 heterocycles. The molecular formula is C3H5NO4. The van der Waals surface area contributed by atoms with Gasteiger partial charge in [0, 0.05) is 0 Å². The molecule has 0 bridgehead atoms. The van der Waals surface area contributed by atoms with Gasteiger partial charge in [-0.25, -0.2) is 0 Å². The Morgan fingerprint density at radius 3 is 2.25 bits per heavy atom. The van der Waals surface area contributed by atoms with Crippen molar-refractivity contribution in [1.82, 2.24) is 0 Å². The lowest BCUT2D eigenvalue weighted by Crippen LogP contribution is -2.55. The number of hydrogen-bond acceptors (Lipinski definition) is 4. The van der Waals surface area contributed by atoms with E-state index in [1.165, 1.54) is 0 Å². The molecular weight excluding hydrogens is 114 g/mol. The highest BCUT2D eigenvalue weighted by Crippen LogP contribution is 2.15. The zero-order valence-corrected chi connectivity index (χ0v) is 4.03. The first-order chi connectivity index (χ1) is 3.65. The summed E-state index contributed by atoms with van der Waals surface area (Å²) in [5.41, 5.74) is -1.78. The quantitative estimate of drug-likeness (QED) is 0.272. The van der Waals surface area contributed by atoms with Crippen LogP contribution >= 0.6 is 0 Å². The number of nitrogens with zero attached hydrogens (tertiary/aromatic N) is 1. The molecule has 0 amide bonds. The van der Waals surface area contributed by atoms with Crippen LogP contribution in [0.15, 0.2) is 0 Å². The zero-order chi connectivity index (χ0) is 6.20. The van der Waals surface area contributed by atoms with Crippen molar-refractivity contribution in [3.8, 4) is 0 Å². The molecule has 1 aliphatic heterocycles. The van der Waals surface area contributed by atoms with Gasteiger partial charge in [-0.05, 0) is 0 Å². The summed E-state index contributed by atoms with van der Waals surface area (Å²) in [5, 5.41) is 18.4. The van der Waals surface area contributed by atoms with Gasteiger partial charge in [0.05, 0.1) is 4.92 Å². The van der Waals surface area contributed by atoms with Gasteiger partial charge in [0.1, 0.15) is 13.2 Å². The van der Waals surface area contributed by atoms with Crippen LogP contribution in [0.5, 0.6) is 0 Å². The molecule has 0 atom stereocenters. The summed E-state index contributed by atoms with van der Waals surface area (Å²) >= 11 is 0. The molecule has 0 aromatic carbocycles. The summed E-state index contributed by atoms with van der Waals surface area (Å²) < 4.78 is 4.41. The molecule has 0 radical (unpaired) electrons. The second kappa shape index (κ2) is 1.40. The average Bonchev–Trinajstić information content (AvgIpc) is 1.60. The predicted octanol–water partition coefficient (Wildman–Crippen LogP) is -1.02. The van der Waals surface area contributed by atoms with Crippen LogP contribution in [-0.2, 0) is 4.74 Å². The van der Waals surface area contributed by atoms with Gasteiger partial charge in [0.2, 0.25) is 0 Å². The molecule has 0 aromatic heterocycles. The van der Waals surface area contributed by atoms with Crippen LogP contribution < -0.4 is 0 Å². The number of rotatable bonds is 1. The fourth-order valence-electron chi connectivity index (χ4n) is 0.390. The lowest BCUT2D eigenvalue weighted by atomic mass is 10.2. The van der Waals surface area contributed by atoms with Crippen LogP contribution in [0.25, 0.3) is 0 Å². The topological polar surface area (TPSA) is 72.6 Å². The molecule has 0 spiro atoms. The minimum atomic E-state index is -1.78. The largest absolute Gasteiger partial charge is 0.368 e.